The Morgan fingerprint density at radius 2 is 2.06 bits per heavy atom. The summed E-state index contributed by atoms with van der Waals surface area (Å²) in [7, 11) is 0. The summed E-state index contributed by atoms with van der Waals surface area (Å²) in [5.74, 6) is 4.98. The Bertz CT molecular complexity index is 317. The van der Waals surface area contributed by atoms with E-state index in [4.69, 9.17) is 0 Å². The highest BCUT2D eigenvalue weighted by atomic mass is 32.2. The van der Waals surface area contributed by atoms with Crippen molar-refractivity contribution in [3.8, 4) is 0 Å². The molecule has 0 aliphatic carbocycles. The van der Waals surface area contributed by atoms with E-state index in [2.05, 4.69) is 60.8 Å². The van der Waals surface area contributed by atoms with Crippen LogP contribution in [0.3, 0.4) is 0 Å². The van der Waals surface area contributed by atoms with Crippen LogP contribution in [0, 0.1) is 5.92 Å². The molecule has 0 bridgehead atoms. The van der Waals surface area contributed by atoms with Crippen LogP contribution in [0.4, 0.5) is 0 Å². The van der Waals surface area contributed by atoms with Gasteiger partial charge in [0.2, 0.25) is 0 Å². The molecule has 0 saturated carbocycles. The quantitative estimate of drug-likeness (QED) is 0.728. The molecule has 0 radical (unpaired) electrons. The number of hydrogen-bond acceptors (Lipinski definition) is 2. The summed E-state index contributed by atoms with van der Waals surface area (Å²) in [5, 5.41) is 0.906. The second-order valence-electron chi connectivity index (χ2n) is 5.15. The van der Waals surface area contributed by atoms with Crippen LogP contribution in [-0.4, -0.2) is 22.5 Å². The van der Waals surface area contributed by atoms with Crippen LogP contribution in [0.2, 0.25) is 0 Å². The van der Waals surface area contributed by atoms with E-state index >= 15 is 0 Å². The summed E-state index contributed by atoms with van der Waals surface area (Å²) in [6, 6.07) is 11.0. The molecule has 1 saturated heterocycles. The Morgan fingerprint density at radius 1 is 1.22 bits per heavy atom. The fourth-order valence-corrected chi connectivity index (χ4v) is 5.54. The van der Waals surface area contributed by atoms with Gasteiger partial charge in [-0.25, -0.2) is 0 Å². The lowest BCUT2D eigenvalue weighted by atomic mass is 9.91. The third-order valence-corrected chi connectivity index (χ3v) is 6.42. The molecule has 2 heteroatoms. The fourth-order valence-electron chi connectivity index (χ4n) is 2.70. The topological polar surface area (TPSA) is 0 Å². The van der Waals surface area contributed by atoms with Gasteiger partial charge in [0, 0.05) is 22.5 Å². The molecule has 1 fully saturated rings. The molecule has 1 aliphatic heterocycles. The Morgan fingerprint density at radius 3 is 2.72 bits per heavy atom. The second-order valence-corrected chi connectivity index (χ2v) is 7.71. The molecule has 100 valence electrons. The molecular weight excluding hydrogens is 256 g/mol. The second kappa shape index (κ2) is 8.16. The van der Waals surface area contributed by atoms with Crippen molar-refractivity contribution in [1.82, 2.24) is 0 Å². The largest absolute Gasteiger partial charge is 0.160 e. The zero-order valence-corrected chi connectivity index (χ0v) is 12.9. The first-order valence-electron chi connectivity index (χ1n) is 7.11. The first kappa shape index (κ1) is 14.3. The van der Waals surface area contributed by atoms with E-state index < -0.39 is 0 Å². The molecular formula is C16H24S2. The minimum absolute atomic E-state index is 0.883. The first-order valence-corrected chi connectivity index (χ1v) is 9.32. The van der Waals surface area contributed by atoms with Gasteiger partial charge < -0.3 is 0 Å². The van der Waals surface area contributed by atoms with Crippen molar-refractivity contribution in [1.29, 1.82) is 0 Å². The number of benzene rings is 1. The minimum atomic E-state index is 0.883. The average Bonchev–Trinajstić information content (AvgIpc) is 2.41. The maximum absolute atomic E-state index is 2.32. The normalized spacial score (nSPS) is 21.7. The molecule has 0 nitrogen and oxygen atoms in total. The molecule has 0 N–H and O–H groups in total. The molecule has 2 atom stereocenters. The lowest BCUT2D eigenvalue weighted by molar-refractivity contribution is 0.444. The number of thioether (sulfide) groups is 2. The smallest absolute Gasteiger partial charge is 0.0141 e. The van der Waals surface area contributed by atoms with Crippen LogP contribution in [-0.2, 0) is 6.42 Å². The van der Waals surface area contributed by atoms with Gasteiger partial charge in [-0.1, -0.05) is 50.1 Å². The van der Waals surface area contributed by atoms with Crippen molar-refractivity contribution in [2.45, 2.75) is 37.9 Å². The predicted octanol–water partition coefficient (Wildman–Crippen LogP) is 4.88. The highest BCUT2D eigenvalue weighted by Crippen LogP contribution is 2.31. The van der Waals surface area contributed by atoms with Gasteiger partial charge in [0.1, 0.15) is 0 Å². The fraction of sp³-hybridized carbons (Fsp3) is 0.625. The Labute approximate surface area is 120 Å². The van der Waals surface area contributed by atoms with Gasteiger partial charge in [-0.15, -0.1) is 0 Å². The SMILES string of the molecule is CCCC(Cc1ccccc1)CC1CSCCS1. The van der Waals surface area contributed by atoms with E-state index in [1.807, 2.05) is 0 Å². The number of hydrogen-bond donors (Lipinski definition) is 0. The highest BCUT2D eigenvalue weighted by molar-refractivity contribution is 8.06. The molecule has 2 rings (SSSR count). The number of rotatable bonds is 6. The molecule has 2 unspecified atom stereocenters. The van der Waals surface area contributed by atoms with Crippen molar-refractivity contribution in [3.63, 3.8) is 0 Å². The van der Waals surface area contributed by atoms with E-state index in [0.717, 1.165) is 11.2 Å². The van der Waals surface area contributed by atoms with Gasteiger partial charge in [-0.2, -0.15) is 23.5 Å². The van der Waals surface area contributed by atoms with Crippen LogP contribution >= 0.6 is 23.5 Å². The summed E-state index contributed by atoms with van der Waals surface area (Å²) in [5.41, 5.74) is 1.52. The lowest BCUT2D eigenvalue weighted by Gasteiger charge is -2.26. The summed E-state index contributed by atoms with van der Waals surface area (Å²) >= 11 is 4.36. The highest BCUT2D eigenvalue weighted by Gasteiger charge is 2.19. The van der Waals surface area contributed by atoms with Gasteiger partial charge in [-0.05, 0) is 24.3 Å². The van der Waals surface area contributed by atoms with Crippen molar-refractivity contribution in [2.75, 3.05) is 17.3 Å². The Balaban J connectivity index is 1.86. The summed E-state index contributed by atoms with van der Waals surface area (Å²) in [4.78, 5) is 0. The average molecular weight is 281 g/mol. The Kier molecular flexibility index (Phi) is 6.50. The van der Waals surface area contributed by atoms with Crippen molar-refractivity contribution in [2.24, 2.45) is 5.92 Å². The van der Waals surface area contributed by atoms with Gasteiger partial charge in [0.15, 0.2) is 0 Å². The van der Waals surface area contributed by atoms with E-state index in [1.165, 1.54) is 48.5 Å². The van der Waals surface area contributed by atoms with E-state index in [1.54, 1.807) is 0 Å². The van der Waals surface area contributed by atoms with Crippen LogP contribution in [0.15, 0.2) is 30.3 Å². The monoisotopic (exact) mass is 280 g/mol. The first-order chi connectivity index (χ1) is 8.88. The standard InChI is InChI=1S/C16H24S2/c1-2-6-15(11-14-7-4-3-5-8-14)12-16-13-17-9-10-18-16/h3-5,7-8,15-16H,2,6,9-13H2,1H3. The third-order valence-electron chi connectivity index (χ3n) is 3.55. The van der Waals surface area contributed by atoms with Crippen molar-refractivity contribution in [3.05, 3.63) is 35.9 Å². The third kappa shape index (κ3) is 4.89. The summed E-state index contributed by atoms with van der Waals surface area (Å²) in [6.07, 6.45) is 5.40. The molecule has 18 heavy (non-hydrogen) atoms. The minimum Gasteiger partial charge on any atom is -0.160 e. The van der Waals surface area contributed by atoms with Gasteiger partial charge in [0.05, 0.1) is 0 Å². The van der Waals surface area contributed by atoms with Crippen LogP contribution in [0.5, 0.6) is 0 Å². The van der Waals surface area contributed by atoms with Gasteiger partial charge in [-0.3, -0.25) is 0 Å². The molecule has 1 aromatic rings. The molecule has 1 heterocycles. The van der Waals surface area contributed by atoms with Crippen LogP contribution in [0.1, 0.15) is 31.7 Å². The zero-order chi connectivity index (χ0) is 12.6. The zero-order valence-electron chi connectivity index (χ0n) is 11.3. The maximum Gasteiger partial charge on any atom is 0.0141 e. The lowest BCUT2D eigenvalue weighted by Crippen LogP contribution is -2.19. The van der Waals surface area contributed by atoms with Crippen molar-refractivity contribution < 1.29 is 0 Å². The maximum atomic E-state index is 2.32. The Hall–Kier alpha value is -0.0800. The van der Waals surface area contributed by atoms with Crippen LogP contribution in [0.25, 0.3) is 0 Å². The summed E-state index contributed by atoms with van der Waals surface area (Å²) in [6.45, 7) is 2.32. The molecule has 1 aromatic carbocycles. The van der Waals surface area contributed by atoms with E-state index in [-0.39, 0.29) is 0 Å². The predicted molar refractivity (Wildman–Crippen MR) is 86.7 cm³/mol. The van der Waals surface area contributed by atoms with Gasteiger partial charge >= 0.3 is 0 Å². The van der Waals surface area contributed by atoms with E-state index in [0.29, 0.717) is 0 Å². The molecule has 0 aromatic heterocycles. The molecule has 0 amide bonds. The molecule has 1 aliphatic rings. The van der Waals surface area contributed by atoms with Crippen LogP contribution < -0.4 is 0 Å². The van der Waals surface area contributed by atoms with E-state index in [9.17, 15) is 0 Å². The molecule has 0 spiro atoms. The van der Waals surface area contributed by atoms with Crippen molar-refractivity contribution >= 4 is 23.5 Å². The van der Waals surface area contributed by atoms with Gasteiger partial charge in [0.25, 0.3) is 0 Å². The summed E-state index contributed by atoms with van der Waals surface area (Å²) < 4.78 is 0.